The Hall–Kier alpha value is -0.540. The fourth-order valence-corrected chi connectivity index (χ4v) is 3.83. The molecule has 2 rings (SSSR count). The average Bonchev–Trinajstić information content (AvgIpc) is 2.61. The van der Waals surface area contributed by atoms with Crippen LogP contribution in [0.15, 0.2) is 30.3 Å². The van der Waals surface area contributed by atoms with Gasteiger partial charge in [-0.25, -0.2) is 0 Å². The summed E-state index contributed by atoms with van der Waals surface area (Å²) in [6.07, 6.45) is 1.10. The Morgan fingerprint density at radius 1 is 1.38 bits per heavy atom. The number of rotatable bonds is 3. The second kappa shape index (κ2) is 5.19. The van der Waals surface area contributed by atoms with Gasteiger partial charge in [0, 0.05) is 17.8 Å². The van der Waals surface area contributed by atoms with Crippen LogP contribution in [0, 0.1) is 0 Å². The predicted molar refractivity (Wildman–Crippen MR) is 76.0 cm³/mol. The molecule has 1 heterocycles. The van der Waals surface area contributed by atoms with Crippen molar-refractivity contribution in [3.63, 3.8) is 0 Å². The third kappa shape index (κ3) is 2.58. The molecule has 0 amide bonds. The zero-order valence-corrected chi connectivity index (χ0v) is 11.4. The standard InChI is InChI=1S/C13H17NS2/c1-10(2)14-12(9-16-13(14)15)8-11-6-4-3-5-7-11/h3-7,10,12H,8-9H2,1-2H3/t12-/m0/s1. The van der Waals surface area contributed by atoms with Crippen LogP contribution < -0.4 is 0 Å². The fourth-order valence-electron chi connectivity index (χ4n) is 2.15. The van der Waals surface area contributed by atoms with Crippen LogP contribution in [0.3, 0.4) is 0 Å². The molecule has 1 fully saturated rings. The van der Waals surface area contributed by atoms with E-state index in [4.69, 9.17) is 12.2 Å². The minimum Gasteiger partial charge on any atom is -0.351 e. The third-order valence-electron chi connectivity index (χ3n) is 2.87. The van der Waals surface area contributed by atoms with Crippen LogP contribution in [0.25, 0.3) is 0 Å². The van der Waals surface area contributed by atoms with Crippen molar-refractivity contribution in [1.82, 2.24) is 4.90 Å². The van der Waals surface area contributed by atoms with Crippen molar-refractivity contribution in [1.29, 1.82) is 0 Å². The lowest BCUT2D eigenvalue weighted by atomic mass is 10.1. The Morgan fingerprint density at radius 3 is 2.69 bits per heavy atom. The molecule has 1 aromatic carbocycles. The van der Waals surface area contributed by atoms with Crippen molar-refractivity contribution in [3.8, 4) is 0 Å². The van der Waals surface area contributed by atoms with Crippen LogP contribution in [-0.2, 0) is 6.42 Å². The van der Waals surface area contributed by atoms with E-state index in [0.29, 0.717) is 12.1 Å². The van der Waals surface area contributed by atoms with E-state index in [9.17, 15) is 0 Å². The summed E-state index contributed by atoms with van der Waals surface area (Å²) in [6.45, 7) is 4.44. The Morgan fingerprint density at radius 2 is 2.06 bits per heavy atom. The maximum Gasteiger partial charge on any atom is 0.136 e. The lowest BCUT2D eigenvalue weighted by Gasteiger charge is -2.29. The molecule has 1 saturated heterocycles. The van der Waals surface area contributed by atoms with Gasteiger partial charge in [-0.15, -0.1) is 0 Å². The van der Waals surface area contributed by atoms with Crippen molar-refractivity contribution in [2.45, 2.75) is 32.4 Å². The first-order valence-electron chi connectivity index (χ1n) is 5.67. The molecule has 0 N–H and O–H groups in total. The Kier molecular flexibility index (Phi) is 3.87. The van der Waals surface area contributed by atoms with Gasteiger partial charge in [0.25, 0.3) is 0 Å². The highest BCUT2D eigenvalue weighted by Gasteiger charge is 2.30. The Balaban J connectivity index is 2.07. The van der Waals surface area contributed by atoms with Gasteiger partial charge in [-0.3, -0.25) is 0 Å². The van der Waals surface area contributed by atoms with Gasteiger partial charge in [0.15, 0.2) is 0 Å². The summed E-state index contributed by atoms with van der Waals surface area (Å²) in [5.74, 6) is 1.13. The lowest BCUT2D eigenvalue weighted by Crippen LogP contribution is -2.39. The van der Waals surface area contributed by atoms with E-state index >= 15 is 0 Å². The van der Waals surface area contributed by atoms with E-state index in [2.05, 4.69) is 49.1 Å². The molecular weight excluding hydrogens is 234 g/mol. The maximum absolute atomic E-state index is 5.40. The highest BCUT2D eigenvalue weighted by Crippen LogP contribution is 2.28. The number of thiocarbonyl (C=S) groups is 1. The van der Waals surface area contributed by atoms with Crippen molar-refractivity contribution < 1.29 is 0 Å². The summed E-state index contributed by atoms with van der Waals surface area (Å²) < 4.78 is 1.07. The first-order chi connectivity index (χ1) is 7.68. The molecule has 3 heteroatoms. The fraction of sp³-hybridized carbons (Fsp3) is 0.462. The number of hydrogen-bond acceptors (Lipinski definition) is 2. The minimum absolute atomic E-state index is 0.510. The van der Waals surface area contributed by atoms with Crippen molar-refractivity contribution in [2.24, 2.45) is 0 Å². The molecular formula is C13H17NS2. The lowest BCUT2D eigenvalue weighted by molar-refractivity contribution is 0.296. The summed E-state index contributed by atoms with van der Waals surface area (Å²) in [7, 11) is 0. The third-order valence-corrected chi connectivity index (χ3v) is 4.45. The van der Waals surface area contributed by atoms with Gasteiger partial charge in [0.2, 0.25) is 0 Å². The molecule has 1 aromatic rings. The highest BCUT2D eigenvalue weighted by molar-refractivity contribution is 8.23. The van der Waals surface area contributed by atoms with Gasteiger partial charge in [-0.2, -0.15) is 0 Å². The number of hydrogen-bond donors (Lipinski definition) is 0. The molecule has 1 aliphatic heterocycles. The van der Waals surface area contributed by atoms with Gasteiger partial charge < -0.3 is 4.90 Å². The number of nitrogens with zero attached hydrogens (tertiary/aromatic N) is 1. The molecule has 0 unspecified atom stereocenters. The van der Waals surface area contributed by atoms with Crippen LogP contribution in [0.4, 0.5) is 0 Å². The molecule has 16 heavy (non-hydrogen) atoms. The summed E-state index contributed by atoms with van der Waals surface area (Å²) in [5, 5.41) is 0. The van der Waals surface area contributed by atoms with Crippen LogP contribution in [-0.4, -0.2) is 27.1 Å². The average molecular weight is 251 g/mol. The molecule has 1 nitrogen and oxygen atoms in total. The van der Waals surface area contributed by atoms with E-state index in [1.165, 1.54) is 5.56 Å². The van der Waals surface area contributed by atoms with E-state index < -0.39 is 0 Å². The molecule has 86 valence electrons. The maximum atomic E-state index is 5.40. The van der Waals surface area contributed by atoms with Gasteiger partial charge >= 0.3 is 0 Å². The Labute approximate surface area is 107 Å². The van der Waals surface area contributed by atoms with Gasteiger partial charge in [-0.05, 0) is 25.8 Å². The second-order valence-electron chi connectivity index (χ2n) is 4.42. The zero-order chi connectivity index (χ0) is 11.5. The minimum atomic E-state index is 0.510. The number of benzene rings is 1. The van der Waals surface area contributed by atoms with Crippen LogP contribution in [0.1, 0.15) is 19.4 Å². The molecule has 0 radical (unpaired) electrons. The first-order valence-corrected chi connectivity index (χ1v) is 7.07. The van der Waals surface area contributed by atoms with Crippen molar-refractivity contribution >= 4 is 28.3 Å². The monoisotopic (exact) mass is 251 g/mol. The largest absolute Gasteiger partial charge is 0.351 e. The summed E-state index contributed by atoms with van der Waals surface area (Å²) in [6, 6.07) is 11.8. The molecule has 1 aliphatic rings. The Bertz CT molecular complexity index is 361. The second-order valence-corrected chi connectivity index (χ2v) is 6.08. The molecule has 0 spiro atoms. The SMILES string of the molecule is CC(C)N1C(=S)SC[C@@H]1Cc1ccccc1. The summed E-state index contributed by atoms with van der Waals surface area (Å²) in [5.41, 5.74) is 1.41. The highest BCUT2D eigenvalue weighted by atomic mass is 32.2. The quantitative estimate of drug-likeness (QED) is 0.759. The summed E-state index contributed by atoms with van der Waals surface area (Å²) >= 11 is 7.22. The van der Waals surface area contributed by atoms with Gasteiger partial charge in [-0.1, -0.05) is 54.3 Å². The van der Waals surface area contributed by atoms with Gasteiger partial charge in [0.1, 0.15) is 4.32 Å². The first kappa shape index (κ1) is 11.9. The van der Waals surface area contributed by atoms with Crippen molar-refractivity contribution in [2.75, 3.05) is 5.75 Å². The van der Waals surface area contributed by atoms with E-state index in [-0.39, 0.29) is 0 Å². The molecule has 1 atom stereocenters. The smallest absolute Gasteiger partial charge is 0.136 e. The zero-order valence-electron chi connectivity index (χ0n) is 9.72. The summed E-state index contributed by atoms with van der Waals surface area (Å²) in [4.78, 5) is 2.38. The van der Waals surface area contributed by atoms with Crippen LogP contribution in [0.5, 0.6) is 0 Å². The normalized spacial score (nSPS) is 20.8. The predicted octanol–water partition coefficient (Wildman–Crippen LogP) is 3.34. The van der Waals surface area contributed by atoms with Crippen molar-refractivity contribution in [3.05, 3.63) is 35.9 Å². The van der Waals surface area contributed by atoms with E-state index in [0.717, 1.165) is 16.5 Å². The molecule has 0 aromatic heterocycles. The van der Waals surface area contributed by atoms with E-state index in [1.54, 1.807) is 0 Å². The molecule has 0 bridgehead atoms. The molecule has 0 saturated carbocycles. The molecule has 0 aliphatic carbocycles. The van der Waals surface area contributed by atoms with Crippen LogP contribution in [0.2, 0.25) is 0 Å². The van der Waals surface area contributed by atoms with E-state index in [1.807, 2.05) is 11.8 Å². The number of thioether (sulfide) groups is 1. The van der Waals surface area contributed by atoms with Crippen LogP contribution >= 0.6 is 24.0 Å². The van der Waals surface area contributed by atoms with Gasteiger partial charge in [0.05, 0.1) is 0 Å². The topological polar surface area (TPSA) is 3.24 Å².